The molecule has 0 spiro atoms. The minimum Gasteiger partial charge on any atom is -0.481 e. The highest BCUT2D eigenvalue weighted by Crippen LogP contribution is 2.15. The molecule has 0 aromatic heterocycles. The van der Waals surface area contributed by atoms with Gasteiger partial charge >= 0.3 is 0 Å². The normalized spacial score (nSPS) is 20.7. The van der Waals surface area contributed by atoms with Crippen LogP contribution in [0.5, 0.6) is 0 Å². The van der Waals surface area contributed by atoms with Gasteiger partial charge in [0.2, 0.25) is 0 Å². The number of carboxylic acid groups (broad SMARTS) is 1. The van der Waals surface area contributed by atoms with Gasteiger partial charge in [0, 0.05) is 24.9 Å². The number of carboxylic acids is 1. The lowest BCUT2D eigenvalue weighted by Crippen LogP contribution is -2.15. The lowest BCUT2D eigenvalue weighted by Gasteiger charge is -2.07. The average Bonchev–Trinajstić information content (AvgIpc) is 2.29. The first-order valence-electron chi connectivity index (χ1n) is 5.15. The number of thioether (sulfide) groups is 1. The van der Waals surface area contributed by atoms with E-state index in [1.807, 2.05) is 11.8 Å². The minimum absolute atomic E-state index is 0.493. The van der Waals surface area contributed by atoms with E-state index in [9.17, 15) is 0 Å². The molecule has 0 aromatic carbocycles. The molecular formula is C10H20N2O2S. The van der Waals surface area contributed by atoms with Crippen molar-refractivity contribution in [3.8, 4) is 0 Å². The van der Waals surface area contributed by atoms with Crippen molar-refractivity contribution in [2.45, 2.75) is 39.2 Å². The van der Waals surface area contributed by atoms with Crippen molar-refractivity contribution in [3.63, 3.8) is 0 Å². The summed E-state index contributed by atoms with van der Waals surface area (Å²) < 4.78 is 0. The Kier molecular flexibility index (Phi) is 8.18. The average molecular weight is 232 g/mol. The Labute approximate surface area is 95.3 Å². The second-order valence-electron chi connectivity index (χ2n) is 3.41. The van der Waals surface area contributed by atoms with Crippen molar-refractivity contribution < 1.29 is 9.90 Å². The topological polar surface area (TPSA) is 75.7 Å². The summed E-state index contributed by atoms with van der Waals surface area (Å²) in [6.07, 6.45) is 3.38. The Hall–Kier alpha value is -0.710. The maximum absolute atomic E-state index is 9.00. The number of aliphatic carboxylic acids is 1. The molecule has 0 unspecified atom stereocenters. The molecule has 1 aliphatic heterocycles. The number of hydrogen-bond acceptors (Lipinski definition) is 4. The fourth-order valence-electron chi connectivity index (χ4n) is 1.21. The monoisotopic (exact) mass is 232 g/mol. The molecule has 0 aliphatic carbocycles. The van der Waals surface area contributed by atoms with E-state index in [0.717, 1.165) is 30.7 Å². The van der Waals surface area contributed by atoms with E-state index < -0.39 is 5.97 Å². The van der Waals surface area contributed by atoms with Gasteiger partial charge in [0.05, 0.1) is 11.9 Å². The molecule has 0 fully saturated rings. The quantitative estimate of drug-likeness (QED) is 0.760. The van der Waals surface area contributed by atoms with Crippen LogP contribution in [0.2, 0.25) is 0 Å². The standard InChI is InChI=1S/C8H16N2S.C2H4O2/c1-2-3-7-6-11-5-4-8(9)10-7;1-2(3)4/h7H,2-6H2,1H3,(H2,9,10);1H3,(H,3,4)/t7-;/m0./s1. The number of hydrogen-bond donors (Lipinski definition) is 2. The molecule has 0 saturated heterocycles. The summed E-state index contributed by atoms with van der Waals surface area (Å²) in [6.45, 7) is 3.28. The minimum atomic E-state index is -0.833. The molecule has 0 amide bonds. The molecule has 3 N–H and O–H groups in total. The number of amidine groups is 1. The zero-order valence-corrected chi connectivity index (χ0v) is 10.2. The molecule has 4 nitrogen and oxygen atoms in total. The molecule has 0 radical (unpaired) electrons. The number of nitrogens with zero attached hydrogens (tertiary/aromatic N) is 1. The smallest absolute Gasteiger partial charge is 0.300 e. The van der Waals surface area contributed by atoms with Gasteiger partial charge in [-0.3, -0.25) is 9.79 Å². The lowest BCUT2D eigenvalue weighted by molar-refractivity contribution is -0.134. The van der Waals surface area contributed by atoms with Crippen molar-refractivity contribution in [1.29, 1.82) is 0 Å². The third kappa shape index (κ3) is 9.59. The lowest BCUT2D eigenvalue weighted by atomic mass is 10.2. The van der Waals surface area contributed by atoms with Gasteiger partial charge in [-0.15, -0.1) is 0 Å². The number of nitrogens with two attached hydrogens (primary N) is 1. The van der Waals surface area contributed by atoms with Gasteiger partial charge in [-0.1, -0.05) is 13.3 Å². The SMILES string of the molecule is CC(=O)O.CCC[C@H]1CSCCC(N)=N1. The third-order valence-corrected chi connectivity index (χ3v) is 2.90. The summed E-state index contributed by atoms with van der Waals surface area (Å²) >= 11 is 1.97. The summed E-state index contributed by atoms with van der Waals surface area (Å²) in [7, 11) is 0. The molecule has 15 heavy (non-hydrogen) atoms. The number of carbonyl (C=O) groups is 1. The third-order valence-electron chi connectivity index (χ3n) is 1.78. The van der Waals surface area contributed by atoms with Crippen LogP contribution in [0.3, 0.4) is 0 Å². The van der Waals surface area contributed by atoms with Gasteiger partial charge in [-0.05, 0) is 6.42 Å². The van der Waals surface area contributed by atoms with Crippen molar-refractivity contribution in [2.75, 3.05) is 11.5 Å². The highest BCUT2D eigenvalue weighted by molar-refractivity contribution is 7.99. The van der Waals surface area contributed by atoms with Crippen molar-refractivity contribution in [2.24, 2.45) is 10.7 Å². The van der Waals surface area contributed by atoms with Gasteiger partial charge < -0.3 is 10.8 Å². The van der Waals surface area contributed by atoms with Crippen LogP contribution in [0.25, 0.3) is 0 Å². The number of rotatable bonds is 2. The summed E-state index contributed by atoms with van der Waals surface area (Å²) in [5, 5.41) is 7.42. The van der Waals surface area contributed by atoms with Gasteiger partial charge in [0.1, 0.15) is 0 Å². The molecule has 1 aliphatic rings. The van der Waals surface area contributed by atoms with Crippen LogP contribution in [0.1, 0.15) is 33.1 Å². The molecule has 0 saturated carbocycles. The van der Waals surface area contributed by atoms with Gasteiger partial charge in [-0.25, -0.2) is 0 Å². The van der Waals surface area contributed by atoms with Crippen LogP contribution < -0.4 is 5.73 Å². The predicted molar refractivity (Wildman–Crippen MR) is 65.6 cm³/mol. The van der Waals surface area contributed by atoms with Crippen molar-refractivity contribution >= 4 is 23.6 Å². The summed E-state index contributed by atoms with van der Waals surface area (Å²) in [5.74, 6) is 2.33. The van der Waals surface area contributed by atoms with Crippen molar-refractivity contribution in [3.05, 3.63) is 0 Å². The van der Waals surface area contributed by atoms with E-state index in [1.54, 1.807) is 0 Å². The Morgan fingerprint density at radius 2 is 2.33 bits per heavy atom. The second-order valence-corrected chi connectivity index (χ2v) is 4.56. The van der Waals surface area contributed by atoms with Crippen molar-refractivity contribution in [1.82, 2.24) is 0 Å². The van der Waals surface area contributed by atoms with E-state index in [4.69, 9.17) is 15.6 Å². The van der Waals surface area contributed by atoms with Crippen LogP contribution in [0.4, 0.5) is 0 Å². The summed E-state index contributed by atoms with van der Waals surface area (Å²) in [4.78, 5) is 13.4. The van der Waals surface area contributed by atoms with Crippen LogP contribution in [-0.4, -0.2) is 34.5 Å². The molecule has 1 heterocycles. The van der Waals surface area contributed by atoms with E-state index in [2.05, 4.69) is 11.9 Å². The Bertz CT molecular complexity index is 215. The molecule has 0 aromatic rings. The largest absolute Gasteiger partial charge is 0.481 e. The molecule has 5 heteroatoms. The Morgan fingerprint density at radius 1 is 1.73 bits per heavy atom. The van der Waals surface area contributed by atoms with E-state index in [0.29, 0.717) is 6.04 Å². The predicted octanol–water partition coefficient (Wildman–Crippen LogP) is 1.74. The zero-order valence-electron chi connectivity index (χ0n) is 9.40. The Morgan fingerprint density at radius 3 is 2.87 bits per heavy atom. The molecular weight excluding hydrogens is 212 g/mol. The first-order valence-corrected chi connectivity index (χ1v) is 6.31. The van der Waals surface area contributed by atoms with E-state index >= 15 is 0 Å². The van der Waals surface area contributed by atoms with Gasteiger partial charge in [-0.2, -0.15) is 11.8 Å². The molecule has 88 valence electrons. The van der Waals surface area contributed by atoms with Gasteiger partial charge in [0.15, 0.2) is 0 Å². The number of aliphatic imine (C=N–C) groups is 1. The summed E-state index contributed by atoms with van der Waals surface area (Å²) in [6, 6.07) is 0.493. The summed E-state index contributed by atoms with van der Waals surface area (Å²) in [5.41, 5.74) is 5.69. The highest BCUT2D eigenvalue weighted by atomic mass is 32.2. The van der Waals surface area contributed by atoms with Gasteiger partial charge in [0.25, 0.3) is 5.97 Å². The first-order chi connectivity index (χ1) is 7.06. The van der Waals surface area contributed by atoms with Crippen LogP contribution in [0.15, 0.2) is 4.99 Å². The highest BCUT2D eigenvalue weighted by Gasteiger charge is 2.10. The van der Waals surface area contributed by atoms with Crippen LogP contribution in [0, 0.1) is 0 Å². The maximum atomic E-state index is 9.00. The fourth-order valence-corrected chi connectivity index (χ4v) is 2.25. The molecule has 1 rings (SSSR count). The first kappa shape index (κ1) is 14.3. The maximum Gasteiger partial charge on any atom is 0.300 e. The van der Waals surface area contributed by atoms with Crippen LogP contribution in [-0.2, 0) is 4.79 Å². The fraction of sp³-hybridized carbons (Fsp3) is 0.800. The second kappa shape index (κ2) is 8.59. The van der Waals surface area contributed by atoms with Crippen LogP contribution >= 0.6 is 11.8 Å². The molecule has 1 atom stereocenters. The van der Waals surface area contributed by atoms with E-state index in [1.165, 1.54) is 12.8 Å². The molecule has 0 bridgehead atoms. The zero-order chi connectivity index (χ0) is 11.7. The van der Waals surface area contributed by atoms with E-state index in [-0.39, 0.29) is 0 Å². The Balaban J connectivity index is 0.000000423.